The molecule has 78 valence electrons. The number of aromatic nitrogens is 3. The Bertz CT molecular complexity index is 279. The average molecular weight is 194 g/mol. The van der Waals surface area contributed by atoms with Gasteiger partial charge in [-0.05, 0) is 26.7 Å². The van der Waals surface area contributed by atoms with Crippen LogP contribution in [0.25, 0.3) is 0 Å². The van der Waals surface area contributed by atoms with Crippen LogP contribution < -0.4 is 5.32 Å². The minimum atomic E-state index is 0.479. The maximum absolute atomic E-state index is 4.21. The van der Waals surface area contributed by atoms with E-state index in [0.717, 1.165) is 31.0 Å². The van der Waals surface area contributed by atoms with Gasteiger partial charge >= 0.3 is 0 Å². The molecule has 1 unspecified atom stereocenters. The first kappa shape index (κ1) is 10.9. The Morgan fingerprint density at radius 2 is 2.43 bits per heavy atom. The summed E-state index contributed by atoms with van der Waals surface area (Å²) in [5.41, 5.74) is 0. The van der Waals surface area contributed by atoms with Gasteiger partial charge in [-0.2, -0.15) is 5.10 Å². The number of hydrogen-bond donors (Lipinski definition) is 2. The van der Waals surface area contributed by atoms with Gasteiger partial charge in [0.25, 0.3) is 0 Å². The van der Waals surface area contributed by atoms with Crippen molar-refractivity contribution in [3.05, 3.63) is 24.3 Å². The number of aromatic amines is 1. The van der Waals surface area contributed by atoms with Crippen molar-refractivity contribution in [2.75, 3.05) is 0 Å². The minimum Gasteiger partial charge on any atom is -0.307 e. The zero-order valence-electron chi connectivity index (χ0n) is 8.88. The molecule has 1 aromatic heterocycles. The monoisotopic (exact) mass is 194 g/mol. The molecule has 0 bridgehead atoms. The van der Waals surface area contributed by atoms with Crippen LogP contribution in [0.1, 0.15) is 31.4 Å². The van der Waals surface area contributed by atoms with Gasteiger partial charge in [-0.3, -0.25) is 5.10 Å². The molecule has 1 aromatic rings. The van der Waals surface area contributed by atoms with Gasteiger partial charge in [0.05, 0.1) is 6.54 Å². The fourth-order valence-corrected chi connectivity index (χ4v) is 1.20. The van der Waals surface area contributed by atoms with Crippen LogP contribution in [0.15, 0.2) is 12.7 Å². The first-order valence-electron chi connectivity index (χ1n) is 4.94. The van der Waals surface area contributed by atoms with E-state index in [0.29, 0.717) is 6.04 Å². The molecule has 4 nitrogen and oxygen atoms in total. The molecule has 0 aliphatic carbocycles. The maximum Gasteiger partial charge on any atom is 0.164 e. The van der Waals surface area contributed by atoms with Crippen molar-refractivity contribution in [2.24, 2.45) is 0 Å². The predicted molar refractivity (Wildman–Crippen MR) is 56.9 cm³/mol. The van der Waals surface area contributed by atoms with Crippen molar-refractivity contribution in [1.29, 1.82) is 0 Å². The molecular formula is C10H18N4. The third kappa shape index (κ3) is 3.70. The molecule has 0 fully saturated rings. The summed E-state index contributed by atoms with van der Waals surface area (Å²) in [6.07, 6.45) is 4.09. The minimum absolute atomic E-state index is 0.479. The summed E-state index contributed by atoms with van der Waals surface area (Å²) < 4.78 is 0. The van der Waals surface area contributed by atoms with Crippen LogP contribution >= 0.6 is 0 Å². The van der Waals surface area contributed by atoms with Crippen LogP contribution in [0.3, 0.4) is 0 Å². The Kier molecular flexibility index (Phi) is 4.32. The highest BCUT2D eigenvalue weighted by Crippen LogP contribution is 1.98. The highest BCUT2D eigenvalue weighted by molar-refractivity contribution is 4.87. The molecule has 0 aromatic carbocycles. The van der Waals surface area contributed by atoms with Crippen molar-refractivity contribution in [3.8, 4) is 0 Å². The van der Waals surface area contributed by atoms with Crippen molar-refractivity contribution in [2.45, 2.75) is 39.3 Å². The molecule has 0 saturated carbocycles. The zero-order chi connectivity index (χ0) is 10.4. The Labute approximate surface area is 84.8 Å². The lowest BCUT2D eigenvalue weighted by molar-refractivity contribution is 0.509. The van der Waals surface area contributed by atoms with Gasteiger partial charge in [-0.1, -0.05) is 6.08 Å². The zero-order valence-corrected chi connectivity index (χ0v) is 8.88. The van der Waals surface area contributed by atoms with Gasteiger partial charge in [0.2, 0.25) is 0 Å². The Morgan fingerprint density at radius 1 is 1.64 bits per heavy atom. The quantitative estimate of drug-likeness (QED) is 0.676. The van der Waals surface area contributed by atoms with E-state index in [2.05, 4.69) is 34.0 Å². The van der Waals surface area contributed by atoms with Crippen molar-refractivity contribution in [3.63, 3.8) is 0 Å². The summed E-state index contributed by atoms with van der Waals surface area (Å²) >= 11 is 0. The fraction of sp³-hybridized carbons (Fsp3) is 0.600. The second-order valence-corrected chi connectivity index (χ2v) is 3.49. The van der Waals surface area contributed by atoms with Crippen LogP contribution in [0.4, 0.5) is 0 Å². The standard InChI is InChI=1S/C10H18N4/c1-4-5-6-8(2)11-7-10-12-9(3)13-14-10/h4,8,11H,1,5-7H2,2-3H3,(H,12,13,14). The molecule has 0 saturated heterocycles. The van der Waals surface area contributed by atoms with Crippen molar-refractivity contribution in [1.82, 2.24) is 20.5 Å². The molecule has 0 aliphatic heterocycles. The van der Waals surface area contributed by atoms with E-state index >= 15 is 0 Å². The van der Waals surface area contributed by atoms with E-state index in [9.17, 15) is 0 Å². The van der Waals surface area contributed by atoms with Crippen molar-refractivity contribution >= 4 is 0 Å². The molecule has 0 spiro atoms. The SMILES string of the molecule is C=CCCC(C)NCc1n[nH]c(C)n1. The van der Waals surface area contributed by atoms with Crippen molar-refractivity contribution < 1.29 is 0 Å². The van der Waals surface area contributed by atoms with Gasteiger partial charge in [-0.15, -0.1) is 6.58 Å². The first-order chi connectivity index (χ1) is 6.72. The van der Waals surface area contributed by atoms with E-state index in [-0.39, 0.29) is 0 Å². The Hall–Kier alpha value is -1.16. The normalized spacial score (nSPS) is 12.7. The van der Waals surface area contributed by atoms with Gasteiger partial charge in [-0.25, -0.2) is 4.98 Å². The summed E-state index contributed by atoms with van der Waals surface area (Å²) in [5.74, 6) is 1.69. The van der Waals surface area contributed by atoms with E-state index in [4.69, 9.17) is 0 Å². The third-order valence-corrected chi connectivity index (χ3v) is 2.06. The lowest BCUT2D eigenvalue weighted by atomic mass is 10.2. The second kappa shape index (κ2) is 5.54. The highest BCUT2D eigenvalue weighted by Gasteiger charge is 2.02. The second-order valence-electron chi connectivity index (χ2n) is 3.49. The molecule has 1 heterocycles. The molecule has 1 rings (SSSR count). The number of rotatable bonds is 6. The van der Waals surface area contributed by atoms with Crippen LogP contribution in [0.5, 0.6) is 0 Å². The molecule has 1 atom stereocenters. The number of H-pyrrole nitrogens is 1. The summed E-state index contributed by atoms with van der Waals surface area (Å²) in [7, 11) is 0. The summed E-state index contributed by atoms with van der Waals surface area (Å²) in [6.45, 7) is 8.48. The van der Waals surface area contributed by atoms with Crippen LogP contribution in [0, 0.1) is 6.92 Å². The van der Waals surface area contributed by atoms with Gasteiger partial charge in [0, 0.05) is 6.04 Å². The smallest absolute Gasteiger partial charge is 0.164 e. The number of nitrogens with zero attached hydrogens (tertiary/aromatic N) is 2. The summed E-state index contributed by atoms with van der Waals surface area (Å²) in [4.78, 5) is 4.21. The third-order valence-electron chi connectivity index (χ3n) is 2.06. The predicted octanol–water partition coefficient (Wildman–Crippen LogP) is 1.56. The number of aryl methyl sites for hydroxylation is 1. The Morgan fingerprint density at radius 3 is 3.00 bits per heavy atom. The largest absolute Gasteiger partial charge is 0.307 e. The summed E-state index contributed by atoms with van der Waals surface area (Å²) in [6, 6.07) is 0.479. The summed E-state index contributed by atoms with van der Waals surface area (Å²) in [5, 5.41) is 10.2. The highest BCUT2D eigenvalue weighted by atomic mass is 15.2. The average Bonchev–Trinajstić information content (AvgIpc) is 2.58. The Balaban J connectivity index is 2.23. The van der Waals surface area contributed by atoms with Gasteiger partial charge in [0.1, 0.15) is 5.82 Å². The number of nitrogens with one attached hydrogen (secondary N) is 2. The molecule has 0 aliphatic rings. The lowest BCUT2D eigenvalue weighted by Crippen LogP contribution is -2.25. The van der Waals surface area contributed by atoms with E-state index in [1.54, 1.807) is 0 Å². The molecule has 0 radical (unpaired) electrons. The molecule has 2 N–H and O–H groups in total. The van der Waals surface area contributed by atoms with E-state index in [1.807, 2.05) is 13.0 Å². The maximum atomic E-state index is 4.21. The lowest BCUT2D eigenvalue weighted by Gasteiger charge is -2.10. The topological polar surface area (TPSA) is 53.6 Å². The van der Waals surface area contributed by atoms with Gasteiger partial charge in [0.15, 0.2) is 5.82 Å². The first-order valence-corrected chi connectivity index (χ1v) is 4.94. The molecule has 14 heavy (non-hydrogen) atoms. The van der Waals surface area contributed by atoms with E-state index < -0.39 is 0 Å². The molecular weight excluding hydrogens is 176 g/mol. The number of allylic oxidation sites excluding steroid dienone is 1. The fourth-order valence-electron chi connectivity index (χ4n) is 1.20. The van der Waals surface area contributed by atoms with Gasteiger partial charge < -0.3 is 5.32 Å². The van der Waals surface area contributed by atoms with Crippen LogP contribution in [0.2, 0.25) is 0 Å². The molecule has 4 heteroatoms. The van der Waals surface area contributed by atoms with Crippen LogP contribution in [-0.2, 0) is 6.54 Å². The van der Waals surface area contributed by atoms with Crippen LogP contribution in [-0.4, -0.2) is 21.2 Å². The number of hydrogen-bond acceptors (Lipinski definition) is 3. The van der Waals surface area contributed by atoms with E-state index in [1.165, 1.54) is 0 Å². The molecule has 0 amide bonds.